The molecule has 3 heterocycles. The van der Waals surface area contributed by atoms with Gasteiger partial charge in [-0.1, -0.05) is 11.6 Å². The minimum Gasteiger partial charge on any atom is -0.489 e. The second-order valence-corrected chi connectivity index (χ2v) is 7.81. The predicted octanol–water partition coefficient (Wildman–Crippen LogP) is 1.75. The maximum atomic E-state index is 6.19. The lowest BCUT2D eigenvalue weighted by atomic mass is 9.80. The van der Waals surface area contributed by atoms with Crippen LogP contribution in [0.15, 0.2) is 12.3 Å². The van der Waals surface area contributed by atoms with Gasteiger partial charge in [0.2, 0.25) is 0 Å². The van der Waals surface area contributed by atoms with Crippen LogP contribution in [0.2, 0.25) is 5.15 Å². The Balaban J connectivity index is 1.62. The number of hydrogen-bond acceptors (Lipinski definition) is 6. The number of aromatic nitrogens is 1. The summed E-state index contributed by atoms with van der Waals surface area (Å²) in [6, 6.07) is 1.86. The average molecular weight is 369 g/mol. The zero-order chi connectivity index (χ0) is 18.1. The molecule has 2 aliphatic rings. The highest BCUT2D eigenvalue weighted by atomic mass is 35.5. The second kappa shape index (κ2) is 7.41. The van der Waals surface area contributed by atoms with Crippen LogP contribution in [-0.4, -0.2) is 67.7 Å². The van der Waals surface area contributed by atoms with Gasteiger partial charge in [0.15, 0.2) is 10.9 Å². The standard InChI is InChI=1S/C17H26BClN2O4/c1-16(2)17(3,4)25-18(24-16)13-11-14(15(19)20-12-13)23-10-7-21-5-8-22-9-6-21/h11-12H,5-10H2,1-4H3. The highest BCUT2D eigenvalue weighted by molar-refractivity contribution is 6.62. The first kappa shape index (κ1) is 18.9. The predicted molar refractivity (Wildman–Crippen MR) is 97.7 cm³/mol. The SMILES string of the molecule is CC1(C)OB(c2cnc(Cl)c(OCCN3CCOCC3)c2)OC1(C)C. The van der Waals surface area contributed by atoms with Crippen molar-refractivity contribution >= 4 is 24.2 Å². The fourth-order valence-corrected chi connectivity index (χ4v) is 2.92. The van der Waals surface area contributed by atoms with Crippen LogP contribution in [0, 0.1) is 0 Å². The van der Waals surface area contributed by atoms with E-state index < -0.39 is 18.3 Å². The number of nitrogens with zero attached hydrogens (tertiary/aromatic N) is 2. The van der Waals surface area contributed by atoms with Crippen LogP contribution in [0.5, 0.6) is 5.75 Å². The van der Waals surface area contributed by atoms with Gasteiger partial charge in [-0.2, -0.15) is 0 Å². The Morgan fingerprint density at radius 2 is 1.84 bits per heavy atom. The van der Waals surface area contributed by atoms with Crippen LogP contribution in [-0.2, 0) is 14.0 Å². The normalized spacial score (nSPS) is 23.0. The molecule has 6 nitrogen and oxygen atoms in total. The molecule has 0 spiro atoms. The molecule has 2 aliphatic heterocycles. The third kappa shape index (κ3) is 4.28. The van der Waals surface area contributed by atoms with Gasteiger partial charge < -0.3 is 18.8 Å². The smallest absolute Gasteiger partial charge is 0.489 e. The van der Waals surface area contributed by atoms with Crippen molar-refractivity contribution in [3.05, 3.63) is 17.4 Å². The molecule has 1 aromatic rings. The Kier molecular flexibility index (Phi) is 5.61. The number of hydrogen-bond donors (Lipinski definition) is 0. The molecule has 0 amide bonds. The molecule has 0 unspecified atom stereocenters. The van der Waals surface area contributed by atoms with E-state index in [1.54, 1.807) is 6.20 Å². The molecule has 8 heteroatoms. The van der Waals surface area contributed by atoms with E-state index in [-0.39, 0.29) is 0 Å². The summed E-state index contributed by atoms with van der Waals surface area (Å²) in [5.74, 6) is 0.558. The van der Waals surface area contributed by atoms with E-state index in [0.717, 1.165) is 38.3 Å². The van der Waals surface area contributed by atoms with Crippen molar-refractivity contribution in [2.45, 2.75) is 38.9 Å². The van der Waals surface area contributed by atoms with Gasteiger partial charge in [-0.15, -0.1) is 0 Å². The molecule has 0 N–H and O–H groups in total. The lowest BCUT2D eigenvalue weighted by Gasteiger charge is -2.32. The van der Waals surface area contributed by atoms with E-state index in [4.69, 9.17) is 30.4 Å². The monoisotopic (exact) mass is 368 g/mol. The molecule has 0 bridgehead atoms. The number of pyridine rings is 1. The Labute approximate surface area is 154 Å². The molecule has 0 radical (unpaired) electrons. The van der Waals surface area contributed by atoms with Gasteiger partial charge in [-0.05, 0) is 33.8 Å². The highest BCUT2D eigenvalue weighted by Gasteiger charge is 2.51. The summed E-state index contributed by atoms with van der Waals surface area (Å²) in [6.07, 6.45) is 1.68. The van der Waals surface area contributed by atoms with Gasteiger partial charge in [0.25, 0.3) is 0 Å². The van der Waals surface area contributed by atoms with E-state index in [9.17, 15) is 0 Å². The molecule has 0 saturated carbocycles. The van der Waals surface area contributed by atoms with Crippen LogP contribution in [0.25, 0.3) is 0 Å². The van der Waals surface area contributed by atoms with E-state index in [1.165, 1.54) is 0 Å². The summed E-state index contributed by atoms with van der Waals surface area (Å²) in [6.45, 7) is 12.9. The van der Waals surface area contributed by atoms with Crippen molar-refractivity contribution in [3.8, 4) is 5.75 Å². The first-order chi connectivity index (χ1) is 11.8. The summed E-state index contributed by atoms with van der Waals surface area (Å²) < 4.78 is 23.3. The van der Waals surface area contributed by atoms with Gasteiger partial charge in [0.1, 0.15) is 6.61 Å². The molecule has 0 aliphatic carbocycles. The van der Waals surface area contributed by atoms with Gasteiger partial charge >= 0.3 is 7.12 Å². The number of rotatable bonds is 5. The number of morpholine rings is 1. The molecule has 1 aromatic heterocycles. The molecule has 0 atom stereocenters. The zero-order valence-electron chi connectivity index (χ0n) is 15.4. The van der Waals surface area contributed by atoms with Crippen molar-refractivity contribution in [1.29, 1.82) is 0 Å². The highest BCUT2D eigenvalue weighted by Crippen LogP contribution is 2.36. The van der Waals surface area contributed by atoms with Gasteiger partial charge in [-0.25, -0.2) is 4.98 Å². The van der Waals surface area contributed by atoms with Crippen molar-refractivity contribution < 1.29 is 18.8 Å². The minimum absolute atomic E-state index is 0.349. The lowest BCUT2D eigenvalue weighted by Crippen LogP contribution is -2.41. The van der Waals surface area contributed by atoms with Gasteiger partial charge in [-0.3, -0.25) is 4.90 Å². The Hall–Kier alpha value is -0.855. The van der Waals surface area contributed by atoms with Crippen molar-refractivity contribution in [2.24, 2.45) is 0 Å². The first-order valence-electron chi connectivity index (χ1n) is 8.72. The van der Waals surface area contributed by atoms with E-state index in [2.05, 4.69) is 9.88 Å². The van der Waals surface area contributed by atoms with Crippen molar-refractivity contribution in [3.63, 3.8) is 0 Å². The third-order valence-electron chi connectivity index (χ3n) is 5.12. The number of halogens is 1. The zero-order valence-corrected chi connectivity index (χ0v) is 16.1. The minimum atomic E-state index is -0.476. The Morgan fingerprint density at radius 3 is 2.48 bits per heavy atom. The lowest BCUT2D eigenvalue weighted by molar-refractivity contribution is 0.00578. The fourth-order valence-electron chi connectivity index (χ4n) is 2.76. The topological polar surface area (TPSA) is 53.1 Å². The molecule has 0 aromatic carbocycles. The largest absolute Gasteiger partial charge is 0.496 e. The summed E-state index contributed by atoms with van der Waals surface area (Å²) >= 11 is 6.19. The summed E-state index contributed by atoms with van der Waals surface area (Å²) in [5.41, 5.74) is 0.0213. The van der Waals surface area contributed by atoms with Crippen molar-refractivity contribution in [2.75, 3.05) is 39.5 Å². The molecule has 3 rings (SSSR count). The summed E-state index contributed by atoms with van der Waals surface area (Å²) in [5, 5.41) is 0.349. The van der Waals surface area contributed by atoms with E-state index in [1.807, 2.05) is 33.8 Å². The van der Waals surface area contributed by atoms with Crippen LogP contribution < -0.4 is 10.2 Å². The fraction of sp³-hybridized carbons (Fsp3) is 0.706. The quantitative estimate of drug-likeness (QED) is 0.583. The first-order valence-corrected chi connectivity index (χ1v) is 9.10. The maximum absolute atomic E-state index is 6.19. The molecular formula is C17H26BClN2O4. The summed E-state index contributed by atoms with van der Waals surface area (Å²) in [7, 11) is -0.476. The van der Waals surface area contributed by atoms with Crippen molar-refractivity contribution in [1.82, 2.24) is 9.88 Å². The Bertz CT molecular complexity index is 592. The third-order valence-corrected chi connectivity index (χ3v) is 5.41. The van der Waals surface area contributed by atoms with Gasteiger partial charge in [0, 0.05) is 31.3 Å². The van der Waals surface area contributed by atoms with Crippen LogP contribution in [0.1, 0.15) is 27.7 Å². The molecule has 25 heavy (non-hydrogen) atoms. The average Bonchev–Trinajstić information content (AvgIpc) is 2.78. The Morgan fingerprint density at radius 1 is 1.20 bits per heavy atom. The van der Waals surface area contributed by atoms with E-state index in [0.29, 0.717) is 17.5 Å². The molecule has 138 valence electrons. The van der Waals surface area contributed by atoms with Crippen LogP contribution in [0.4, 0.5) is 0 Å². The number of ether oxygens (including phenoxy) is 2. The summed E-state index contributed by atoms with van der Waals surface area (Å²) in [4.78, 5) is 6.54. The molecule has 2 saturated heterocycles. The molecule has 2 fully saturated rings. The molecular weight excluding hydrogens is 342 g/mol. The second-order valence-electron chi connectivity index (χ2n) is 7.45. The van der Waals surface area contributed by atoms with Crippen LogP contribution in [0.3, 0.4) is 0 Å². The van der Waals surface area contributed by atoms with Gasteiger partial charge in [0.05, 0.1) is 24.4 Å². The maximum Gasteiger partial charge on any atom is 0.496 e. The van der Waals surface area contributed by atoms with E-state index >= 15 is 0 Å². The van der Waals surface area contributed by atoms with Crippen LogP contribution >= 0.6 is 11.6 Å².